The monoisotopic (exact) mass is 294 g/mol. The number of methoxy groups -OCH3 is 1. The van der Waals surface area contributed by atoms with Crippen LogP contribution in [0.2, 0.25) is 0 Å². The Labute approximate surface area is 89.7 Å². The van der Waals surface area contributed by atoms with E-state index in [4.69, 9.17) is 17.0 Å². The van der Waals surface area contributed by atoms with Crippen LogP contribution in [0.3, 0.4) is 0 Å². The van der Waals surface area contributed by atoms with Crippen LogP contribution in [0.1, 0.15) is 0 Å². The molecule has 0 atom stereocenters. The SMILES string of the molecule is COc1ccncc1NC(=S)I. The molecule has 0 aliphatic rings. The lowest BCUT2D eigenvalue weighted by Crippen LogP contribution is -2.02. The van der Waals surface area contributed by atoms with Crippen LogP contribution in [0.15, 0.2) is 18.5 Å². The first kappa shape index (κ1) is 9.66. The van der Waals surface area contributed by atoms with Crippen LogP contribution in [-0.2, 0) is 0 Å². The first-order valence-corrected chi connectivity index (χ1v) is 4.67. The van der Waals surface area contributed by atoms with Gasteiger partial charge in [-0.3, -0.25) is 4.98 Å². The number of rotatable bonds is 2. The predicted octanol–water partition coefficient (Wildman–Crippen LogP) is 2.22. The van der Waals surface area contributed by atoms with Crippen LogP contribution >= 0.6 is 34.8 Å². The summed E-state index contributed by atoms with van der Waals surface area (Å²) in [5.41, 5.74) is 0.791. The van der Waals surface area contributed by atoms with Gasteiger partial charge in [-0.15, -0.1) is 0 Å². The van der Waals surface area contributed by atoms with Crippen molar-refractivity contribution in [3.8, 4) is 5.75 Å². The summed E-state index contributed by atoms with van der Waals surface area (Å²) in [6.07, 6.45) is 3.34. The Morgan fingerprint density at radius 1 is 1.75 bits per heavy atom. The molecule has 0 saturated heterocycles. The Hall–Kier alpha value is -0.430. The maximum atomic E-state index is 5.08. The first-order chi connectivity index (χ1) is 5.74. The number of nitrogens with zero attached hydrogens (tertiary/aromatic N) is 1. The van der Waals surface area contributed by atoms with Crippen molar-refractivity contribution in [1.29, 1.82) is 0 Å². The van der Waals surface area contributed by atoms with Gasteiger partial charge in [0.15, 0.2) is 0 Å². The average Bonchev–Trinajstić information content (AvgIpc) is 2.04. The lowest BCUT2D eigenvalue weighted by molar-refractivity contribution is 0.416. The minimum atomic E-state index is 0.666. The van der Waals surface area contributed by atoms with Crippen LogP contribution in [0.25, 0.3) is 0 Å². The van der Waals surface area contributed by atoms with E-state index < -0.39 is 0 Å². The molecule has 0 unspecified atom stereocenters. The third-order valence-electron chi connectivity index (χ3n) is 1.23. The molecule has 0 aliphatic heterocycles. The van der Waals surface area contributed by atoms with E-state index in [0.717, 1.165) is 11.4 Å². The molecule has 0 spiro atoms. The van der Waals surface area contributed by atoms with Gasteiger partial charge < -0.3 is 10.1 Å². The van der Waals surface area contributed by atoms with Gasteiger partial charge in [-0.25, -0.2) is 0 Å². The summed E-state index contributed by atoms with van der Waals surface area (Å²) < 4.78 is 5.75. The zero-order valence-corrected chi connectivity index (χ0v) is 9.35. The zero-order chi connectivity index (χ0) is 8.97. The Morgan fingerprint density at radius 2 is 2.50 bits per heavy atom. The number of nitrogens with one attached hydrogen (secondary N) is 1. The number of hydrogen-bond donors (Lipinski definition) is 1. The van der Waals surface area contributed by atoms with Crippen molar-refractivity contribution in [3.05, 3.63) is 18.5 Å². The fourth-order valence-corrected chi connectivity index (χ4v) is 1.16. The van der Waals surface area contributed by atoms with Crippen molar-refractivity contribution >= 4 is 43.5 Å². The molecular weight excluding hydrogens is 287 g/mol. The molecule has 1 aromatic rings. The summed E-state index contributed by atoms with van der Waals surface area (Å²) in [5.74, 6) is 0.740. The highest BCUT2D eigenvalue weighted by Crippen LogP contribution is 2.22. The average molecular weight is 294 g/mol. The number of hydrogen-bond acceptors (Lipinski definition) is 3. The summed E-state index contributed by atoms with van der Waals surface area (Å²) in [5, 5.41) is 2.95. The molecule has 0 aromatic carbocycles. The van der Waals surface area contributed by atoms with Crippen molar-refractivity contribution in [2.45, 2.75) is 0 Å². The molecular formula is C7H7IN2OS. The van der Waals surface area contributed by atoms with E-state index in [9.17, 15) is 0 Å². The highest BCUT2D eigenvalue weighted by Gasteiger charge is 2.01. The van der Waals surface area contributed by atoms with Gasteiger partial charge in [-0.05, 0) is 22.6 Å². The zero-order valence-electron chi connectivity index (χ0n) is 6.37. The van der Waals surface area contributed by atoms with Crippen molar-refractivity contribution in [2.75, 3.05) is 12.4 Å². The molecule has 0 bridgehead atoms. The summed E-state index contributed by atoms with van der Waals surface area (Å²) in [7, 11) is 1.61. The molecule has 1 rings (SSSR count). The first-order valence-electron chi connectivity index (χ1n) is 3.18. The van der Waals surface area contributed by atoms with E-state index in [1.165, 1.54) is 0 Å². The topological polar surface area (TPSA) is 34.1 Å². The molecule has 0 aliphatic carbocycles. The quantitative estimate of drug-likeness (QED) is 0.392. The minimum absolute atomic E-state index is 0.666. The van der Waals surface area contributed by atoms with E-state index >= 15 is 0 Å². The Bertz CT molecular complexity index is 292. The molecule has 0 fully saturated rings. The number of halogens is 1. The van der Waals surface area contributed by atoms with Crippen LogP contribution in [0.5, 0.6) is 5.75 Å². The predicted molar refractivity (Wildman–Crippen MR) is 61.0 cm³/mol. The maximum Gasteiger partial charge on any atom is 0.145 e. The molecule has 1 N–H and O–H groups in total. The van der Waals surface area contributed by atoms with Gasteiger partial charge in [0.1, 0.15) is 14.4 Å². The number of aromatic nitrogens is 1. The van der Waals surface area contributed by atoms with Crippen molar-refractivity contribution in [2.24, 2.45) is 0 Å². The molecule has 1 aromatic heterocycles. The second-order valence-corrected chi connectivity index (χ2v) is 4.19. The van der Waals surface area contributed by atoms with Gasteiger partial charge in [-0.2, -0.15) is 0 Å². The van der Waals surface area contributed by atoms with Crippen molar-refractivity contribution in [3.63, 3.8) is 0 Å². The lowest BCUT2D eigenvalue weighted by atomic mass is 10.4. The largest absolute Gasteiger partial charge is 0.494 e. The maximum absolute atomic E-state index is 5.08. The van der Waals surface area contributed by atoms with Crippen LogP contribution in [0, 0.1) is 0 Å². The third kappa shape index (κ3) is 2.56. The Balaban J connectivity index is 2.89. The molecule has 3 nitrogen and oxygen atoms in total. The van der Waals surface area contributed by atoms with Gasteiger partial charge >= 0.3 is 0 Å². The molecule has 0 radical (unpaired) electrons. The van der Waals surface area contributed by atoms with E-state index in [0.29, 0.717) is 3.00 Å². The number of pyridine rings is 1. The minimum Gasteiger partial charge on any atom is -0.494 e. The van der Waals surface area contributed by atoms with E-state index in [2.05, 4.69) is 10.3 Å². The second kappa shape index (κ2) is 4.56. The summed E-state index contributed by atoms with van der Waals surface area (Å²) in [6, 6.07) is 1.78. The van der Waals surface area contributed by atoms with Gasteiger partial charge in [0, 0.05) is 12.3 Å². The second-order valence-electron chi connectivity index (χ2n) is 1.97. The van der Waals surface area contributed by atoms with Crippen LogP contribution < -0.4 is 10.1 Å². The van der Waals surface area contributed by atoms with Crippen molar-refractivity contribution in [1.82, 2.24) is 4.98 Å². The number of ether oxygens (including phenoxy) is 1. The van der Waals surface area contributed by atoms with Crippen molar-refractivity contribution < 1.29 is 4.74 Å². The fourth-order valence-electron chi connectivity index (χ4n) is 0.759. The highest BCUT2D eigenvalue weighted by molar-refractivity contribution is 14.1. The molecule has 64 valence electrons. The summed E-state index contributed by atoms with van der Waals surface area (Å²) in [4.78, 5) is 3.94. The molecule has 1 heterocycles. The number of thiocarbonyl (C=S) groups is 1. The Kier molecular flexibility index (Phi) is 3.67. The molecule has 5 heteroatoms. The van der Waals surface area contributed by atoms with E-state index in [-0.39, 0.29) is 0 Å². The smallest absolute Gasteiger partial charge is 0.145 e. The standard InChI is InChI=1S/C7H7IN2OS/c1-11-6-2-3-9-4-5(6)10-7(8)12/h2-4H,1H3,(H,10,12). The Morgan fingerprint density at radius 3 is 3.08 bits per heavy atom. The van der Waals surface area contributed by atoms with Crippen LogP contribution in [-0.4, -0.2) is 15.1 Å². The third-order valence-corrected chi connectivity index (χ3v) is 1.61. The van der Waals surface area contributed by atoms with E-state index in [1.807, 2.05) is 22.6 Å². The lowest BCUT2D eigenvalue weighted by Gasteiger charge is -2.07. The number of anilines is 1. The normalized spacial score (nSPS) is 9.17. The van der Waals surface area contributed by atoms with E-state index in [1.54, 1.807) is 25.6 Å². The molecule has 12 heavy (non-hydrogen) atoms. The van der Waals surface area contributed by atoms with Gasteiger partial charge in [-0.1, -0.05) is 12.2 Å². The molecule has 0 saturated carbocycles. The van der Waals surface area contributed by atoms with Gasteiger partial charge in [0.25, 0.3) is 0 Å². The fraction of sp³-hybridized carbons (Fsp3) is 0.143. The van der Waals surface area contributed by atoms with Gasteiger partial charge in [0.2, 0.25) is 0 Å². The van der Waals surface area contributed by atoms with Gasteiger partial charge in [0.05, 0.1) is 13.3 Å². The summed E-state index contributed by atoms with van der Waals surface area (Å²) in [6.45, 7) is 0. The van der Waals surface area contributed by atoms with Crippen LogP contribution in [0.4, 0.5) is 5.69 Å². The molecule has 0 amide bonds. The highest BCUT2D eigenvalue weighted by atomic mass is 127. The summed E-state index contributed by atoms with van der Waals surface area (Å²) >= 11 is 6.89.